The fourth-order valence-corrected chi connectivity index (χ4v) is 2.61. The Hall–Kier alpha value is -3.02. The summed E-state index contributed by atoms with van der Waals surface area (Å²) in [7, 11) is 0. The summed E-state index contributed by atoms with van der Waals surface area (Å²) in [4.78, 5) is 24.6. The first-order chi connectivity index (χ1) is 12.1. The molecule has 25 heavy (non-hydrogen) atoms. The summed E-state index contributed by atoms with van der Waals surface area (Å²) < 4.78 is 10.9. The highest BCUT2D eigenvalue weighted by Gasteiger charge is 2.50. The minimum Gasteiger partial charge on any atom is -0.494 e. The Morgan fingerprint density at radius 2 is 1.68 bits per heavy atom. The Bertz CT molecular complexity index is 736. The van der Waals surface area contributed by atoms with E-state index in [-0.39, 0.29) is 0 Å². The Kier molecular flexibility index (Phi) is 4.88. The van der Waals surface area contributed by atoms with E-state index in [9.17, 15) is 9.59 Å². The van der Waals surface area contributed by atoms with Gasteiger partial charge in [0.15, 0.2) is 5.60 Å². The zero-order valence-electron chi connectivity index (χ0n) is 14.0. The second kappa shape index (κ2) is 7.25. The molecular formula is C19H20N2O4. The summed E-state index contributed by atoms with van der Waals surface area (Å²) in [5, 5.41) is 0.924. The lowest BCUT2D eigenvalue weighted by atomic mass is 10.00. The molecule has 6 heteroatoms. The molecule has 3 rings (SSSR count). The van der Waals surface area contributed by atoms with Crippen molar-refractivity contribution in [3.8, 4) is 5.75 Å². The van der Waals surface area contributed by atoms with E-state index in [1.807, 2.05) is 48.5 Å². The highest BCUT2D eigenvalue weighted by atomic mass is 16.6. The van der Waals surface area contributed by atoms with E-state index >= 15 is 0 Å². The van der Waals surface area contributed by atoms with Gasteiger partial charge in [-0.2, -0.15) is 5.01 Å². The molecule has 1 heterocycles. The molecule has 2 aromatic carbocycles. The molecule has 1 aliphatic rings. The predicted molar refractivity (Wildman–Crippen MR) is 93.0 cm³/mol. The van der Waals surface area contributed by atoms with E-state index in [4.69, 9.17) is 9.47 Å². The molecule has 1 aliphatic heterocycles. The minimum atomic E-state index is -1.18. The van der Waals surface area contributed by atoms with Crippen molar-refractivity contribution in [1.82, 2.24) is 5.01 Å². The number of hydrazine groups is 1. The van der Waals surface area contributed by atoms with Gasteiger partial charge < -0.3 is 9.47 Å². The maximum absolute atomic E-state index is 12.6. The lowest BCUT2D eigenvalue weighted by Gasteiger charge is -2.20. The molecule has 0 aliphatic carbocycles. The van der Waals surface area contributed by atoms with Crippen LogP contribution < -0.4 is 10.2 Å². The summed E-state index contributed by atoms with van der Waals surface area (Å²) in [6, 6.07) is 18.5. The second-order valence-electron chi connectivity index (χ2n) is 5.98. The SMILES string of the molecule is CC1(CCCOc2ccccc2)OC(=O)N(Nc2ccccc2)C1=O. The minimum absolute atomic E-state index is 0.386. The fraction of sp³-hybridized carbons (Fsp3) is 0.263. The van der Waals surface area contributed by atoms with Crippen LogP contribution in [0.4, 0.5) is 10.5 Å². The Labute approximate surface area is 146 Å². The molecule has 1 unspecified atom stereocenters. The molecule has 1 fully saturated rings. The average Bonchev–Trinajstić information content (AvgIpc) is 2.84. The number of amides is 2. The van der Waals surface area contributed by atoms with Gasteiger partial charge in [-0.05, 0) is 44.0 Å². The van der Waals surface area contributed by atoms with Gasteiger partial charge in [-0.25, -0.2) is 4.79 Å². The van der Waals surface area contributed by atoms with Crippen LogP contribution in [0, 0.1) is 0 Å². The number of nitrogens with one attached hydrogen (secondary N) is 1. The number of carbonyl (C=O) groups excluding carboxylic acids is 2. The van der Waals surface area contributed by atoms with Crippen LogP contribution in [0.3, 0.4) is 0 Å². The average molecular weight is 340 g/mol. The molecule has 2 amide bonds. The molecule has 1 saturated heterocycles. The molecule has 0 spiro atoms. The largest absolute Gasteiger partial charge is 0.494 e. The van der Waals surface area contributed by atoms with Crippen LogP contribution in [0.2, 0.25) is 0 Å². The van der Waals surface area contributed by atoms with Crippen molar-refractivity contribution in [2.24, 2.45) is 0 Å². The molecular weight excluding hydrogens is 320 g/mol. The van der Waals surface area contributed by atoms with Crippen molar-refractivity contribution >= 4 is 17.7 Å². The van der Waals surface area contributed by atoms with Gasteiger partial charge in [-0.1, -0.05) is 36.4 Å². The normalized spacial score (nSPS) is 19.6. The number of hydrogen-bond acceptors (Lipinski definition) is 5. The predicted octanol–water partition coefficient (Wildman–Crippen LogP) is 3.61. The zero-order chi connectivity index (χ0) is 17.7. The topological polar surface area (TPSA) is 67.9 Å². The van der Waals surface area contributed by atoms with Gasteiger partial charge in [-0.3, -0.25) is 10.2 Å². The highest BCUT2D eigenvalue weighted by Crippen LogP contribution is 2.29. The van der Waals surface area contributed by atoms with E-state index in [1.54, 1.807) is 19.1 Å². The van der Waals surface area contributed by atoms with Crippen LogP contribution in [-0.4, -0.2) is 29.2 Å². The van der Waals surface area contributed by atoms with Gasteiger partial charge in [-0.15, -0.1) is 0 Å². The van der Waals surface area contributed by atoms with Crippen LogP contribution in [0.25, 0.3) is 0 Å². The number of benzene rings is 2. The number of cyclic esters (lactones) is 1. The monoisotopic (exact) mass is 340 g/mol. The molecule has 2 aromatic rings. The molecule has 0 radical (unpaired) electrons. The Balaban J connectivity index is 1.54. The van der Waals surface area contributed by atoms with Crippen LogP contribution in [0.1, 0.15) is 19.8 Å². The first kappa shape index (κ1) is 16.8. The van der Waals surface area contributed by atoms with Crippen molar-refractivity contribution in [2.45, 2.75) is 25.4 Å². The third-order valence-electron chi connectivity index (χ3n) is 3.98. The van der Waals surface area contributed by atoms with E-state index in [0.717, 1.165) is 10.8 Å². The smallest absolute Gasteiger partial charge is 0.437 e. The van der Waals surface area contributed by atoms with Crippen LogP contribution in [0.15, 0.2) is 60.7 Å². The van der Waals surface area contributed by atoms with Crippen molar-refractivity contribution in [1.29, 1.82) is 0 Å². The van der Waals surface area contributed by atoms with Crippen molar-refractivity contribution in [3.63, 3.8) is 0 Å². The van der Waals surface area contributed by atoms with Gasteiger partial charge in [0.2, 0.25) is 0 Å². The number of nitrogens with zero attached hydrogens (tertiary/aromatic N) is 1. The number of imide groups is 1. The van der Waals surface area contributed by atoms with Crippen LogP contribution in [0.5, 0.6) is 5.75 Å². The third kappa shape index (κ3) is 3.91. The molecule has 6 nitrogen and oxygen atoms in total. The van der Waals surface area contributed by atoms with Crippen molar-refractivity contribution in [3.05, 3.63) is 60.7 Å². The molecule has 0 saturated carbocycles. The molecule has 1 N–H and O–H groups in total. The number of rotatable bonds is 7. The molecule has 130 valence electrons. The lowest BCUT2D eigenvalue weighted by molar-refractivity contribution is -0.135. The first-order valence-electron chi connectivity index (χ1n) is 8.16. The van der Waals surface area contributed by atoms with Gasteiger partial charge in [0.1, 0.15) is 5.75 Å². The maximum atomic E-state index is 12.6. The number of hydrogen-bond donors (Lipinski definition) is 1. The quantitative estimate of drug-likeness (QED) is 0.780. The Morgan fingerprint density at radius 1 is 1.04 bits per heavy atom. The van der Waals surface area contributed by atoms with E-state index in [2.05, 4.69) is 5.43 Å². The van der Waals surface area contributed by atoms with Crippen molar-refractivity contribution < 1.29 is 19.1 Å². The van der Waals surface area contributed by atoms with Gasteiger partial charge in [0, 0.05) is 0 Å². The highest BCUT2D eigenvalue weighted by molar-refractivity contribution is 6.03. The first-order valence-corrected chi connectivity index (χ1v) is 8.16. The second-order valence-corrected chi connectivity index (χ2v) is 5.98. The van der Waals surface area contributed by atoms with Gasteiger partial charge >= 0.3 is 6.09 Å². The summed E-state index contributed by atoms with van der Waals surface area (Å²) >= 11 is 0. The van der Waals surface area contributed by atoms with Crippen molar-refractivity contribution in [2.75, 3.05) is 12.0 Å². The van der Waals surface area contributed by atoms with Gasteiger partial charge in [0.05, 0.1) is 12.3 Å². The summed E-state index contributed by atoms with van der Waals surface area (Å²) in [6.45, 7) is 2.07. The summed E-state index contributed by atoms with van der Waals surface area (Å²) in [5.74, 6) is 0.371. The summed E-state index contributed by atoms with van der Waals surface area (Å²) in [5.41, 5.74) is 2.25. The molecule has 0 aromatic heterocycles. The fourth-order valence-electron chi connectivity index (χ4n) is 2.61. The third-order valence-corrected chi connectivity index (χ3v) is 3.98. The Morgan fingerprint density at radius 3 is 2.36 bits per heavy atom. The number of para-hydroxylation sites is 2. The number of ether oxygens (including phenoxy) is 2. The van der Waals surface area contributed by atoms with Crippen LogP contribution in [-0.2, 0) is 9.53 Å². The zero-order valence-corrected chi connectivity index (χ0v) is 14.0. The van der Waals surface area contributed by atoms with Crippen LogP contribution >= 0.6 is 0 Å². The van der Waals surface area contributed by atoms with E-state index < -0.39 is 17.6 Å². The lowest BCUT2D eigenvalue weighted by Crippen LogP contribution is -2.41. The maximum Gasteiger partial charge on any atom is 0.437 e. The number of anilines is 1. The molecule has 1 atom stereocenters. The molecule has 0 bridgehead atoms. The standard InChI is InChI=1S/C19H20N2O4/c1-19(13-8-14-24-16-11-6-3-7-12-16)17(22)21(18(23)25-19)20-15-9-4-2-5-10-15/h2-7,9-12,20H,8,13-14H2,1H3. The van der Waals surface area contributed by atoms with Gasteiger partial charge in [0.25, 0.3) is 5.91 Å². The summed E-state index contributed by atoms with van der Waals surface area (Å²) in [6.07, 6.45) is 0.279. The van der Waals surface area contributed by atoms with E-state index in [1.165, 1.54) is 0 Å². The van der Waals surface area contributed by atoms with E-state index in [0.29, 0.717) is 25.1 Å². The number of carbonyl (C=O) groups is 2.